The third kappa shape index (κ3) is 3.67. The number of fused-ring (bicyclic) bond motifs is 1. The lowest BCUT2D eigenvalue weighted by molar-refractivity contribution is 0.102. The maximum absolute atomic E-state index is 12.6. The third-order valence-corrected chi connectivity index (χ3v) is 4.22. The molecule has 5 nitrogen and oxygen atoms in total. The summed E-state index contributed by atoms with van der Waals surface area (Å²) in [4.78, 5) is 17.2. The zero-order valence-corrected chi connectivity index (χ0v) is 14.9. The summed E-state index contributed by atoms with van der Waals surface area (Å²) < 4.78 is 7.33. The van der Waals surface area contributed by atoms with Crippen LogP contribution in [0.15, 0.2) is 79.1 Å². The van der Waals surface area contributed by atoms with Gasteiger partial charge in [-0.1, -0.05) is 30.3 Å². The minimum atomic E-state index is -0.175. The summed E-state index contributed by atoms with van der Waals surface area (Å²) in [5.41, 5.74) is 3.92. The second-order valence-corrected chi connectivity index (χ2v) is 6.08. The van der Waals surface area contributed by atoms with Crippen molar-refractivity contribution in [2.45, 2.75) is 6.92 Å². The molecule has 0 fully saturated rings. The normalized spacial score (nSPS) is 10.7. The van der Waals surface area contributed by atoms with E-state index in [0.29, 0.717) is 12.2 Å². The van der Waals surface area contributed by atoms with E-state index in [1.54, 1.807) is 12.1 Å². The number of benzene rings is 2. The first-order valence-electron chi connectivity index (χ1n) is 8.81. The van der Waals surface area contributed by atoms with Crippen LogP contribution in [-0.2, 0) is 0 Å². The molecular weight excluding hydrogens is 338 g/mol. The summed E-state index contributed by atoms with van der Waals surface area (Å²) in [6, 6.07) is 20.9. The Morgan fingerprint density at radius 2 is 1.85 bits per heavy atom. The molecule has 0 spiro atoms. The molecule has 0 saturated heterocycles. The number of ether oxygens (including phenoxy) is 1. The molecule has 2 heterocycles. The van der Waals surface area contributed by atoms with Gasteiger partial charge in [0, 0.05) is 29.2 Å². The van der Waals surface area contributed by atoms with Crippen molar-refractivity contribution >= 4 is 17.2 Å². The molecule has 0 aliphatic rings. The Balaban J connectivity index is 1.55. The summed E-state index contributed by atoms with van der Waals surface area (Å²) in [5, 5.41) is 2.90. The van der Waals surface area contributed by atoms with E-state index >= 15 is 0 Å². The highest BCUT2D eigenvalue weighted by Crippen LogP contribution is 2.20. The zero-order valence-electron chi connectivity index (χ0n) is 14.9. The maximum atomic E-state index is 12.6. The van der Waals surface area contributed by atoms with Crippen molar-refractivity contribution in [3.05, 3.63) is 84.7 Å². The van der Waals surface area contributed by atoms with E-state index < -0.39 is 0 Å². The highest BCUT2D eigenvalue weighted by atomic mass is 16.5. The van der Waals surface area contributed by atoms with Crippen molar-refractivity contribution in [3.8, 4) is 17.0 Å². The van der Waals surface area contributed by atoms with Gasteiger partial charge in [-0.25, -0.2) is 4.98 Å². The predicted octanol–water partition coefficient (Wildman–Crippen LogP) is 4.65. The number of pyridine rings is 1. The summed E-state index contributed by atoms with van der Waals surface area (Å²) in [6.45, 7) is 2.55. The predicted molar refractivity (Wildman–Crippen MR) is 106 cm³/mol. The van der Waals surface area contributed by atoms with Gasteiger partial charge in [0.1, 0.15) is 11.4 Å². The first-order chi connectivity index (χ1) is 13.2. The van der Waals surface area contributed by atoms with Crippen molar-refractivity contribution in [1.29, 1.82) is 0 Å². The van der Waals surface area contributed by atoms with Crippen LogP contribution in [0.4, 0.5) is 5.69 Å². The molecule has 0 saturated carbocycles. The first-order valence-corrected chi connectivity index (χ1v) is 8.81. The van der Waals surface area contributed by atoms with Gasteiger partial charge in [-0.05, 0) is 43.3 Å². The van der Waals surface area contributed by atoms with Crippen molar-refractivity contribution in [2.24, 2.45) is 0 Å². The van der Waals surface area contributed by atoms with E-state index in [1.807, 2.05) is 78.3 Å². The smallest absolute Gasteiger partial charge is 0.255 e. The third-order valence-electron chi connectivity index (χ3n) is 4.22. The lowest BCUT2D eigenvalue weighted by Crippen LogP contribution is -2.12. The number of imidazole rings is 1. The molecule has 5 heteroatoms. The van der Waals surface area contributed by atoms with E-state index in [1.165, 1.54) is 0 Å². The van der Waals surface area contributed by atoms with Crippen LogP contribution >= 0.6 is 0 Å². The van der Waals surface area contributed by atoms with Gasteiger partial charge in [-0.3, -0.25) is 4.79 Å². The van der Waals surface area contributed by atoms with Gasteiger partial charge in [-0.15, -0.1) is 0 Å². The molecule has 4 aromatic rings. The first kappa shape index (κ1) is 16.8. The second kappa shape index (κ2) is 7.33. The standard InChI is InChI=1S/C22H19N3O2/c1-2-27-19-10-8-18(9-11-19)23-22(26)17-12-13-25-15-20(24-21(25)14-17)16-6-4-3-5-7-16/h3-15H,2H2,1H3,(H,23,26). The van der Waals surface area contributed by atoms with Gasteiger partial charge in [0.2, 0.25) is 0 Å². The van der Waals surface area contributed by atoms with Crippen molar-refractivity contribution in [1.82, 2.24) is 9.38 Å². The largest absolute Gasteiger partial charge is 0.494 e. The summed E-state index contributed by atoms with van der Waals surface area (Å²) in [7, 11) is 0. The maximum Gasteiger partial charge on any atom is 0.255 e. The van der Waals surface area contributed by atoms with Gasteiger partial charge in [0.05, 0.1) is 12.3 Å². The van der Waals surface area contributed by atoms with E-state index in [9.17, 15) is 4.79 Å². The Kier molecular flexibility index (Phi) is 4.58. The fraction of sp³-hybridized carbons (Fsp3) is 0.0909. The highest BCUT2D eigenvalue weighted by Gasteiger charge is 2.10. The minimum absolute atomic E-state index is 0.175. The lowest BCUT2D eigenvalue weighted by Gasteiger charge is -2.07. The fourth-order valence-corrected chi connectivity index (χ4v) is 2.88. The Hall–Kier alpha value is -3.60. The van der Waals surface area contributed by atoms with Crippen molar-refractivity contribution in [3.63, 3.8) is 0 Å². The Labute approximate surface area is 157 Å². The molecule has 134 valence electrons. The van der Waals surface area contributed by atoms with Gasteiger partial charge in [0.15, 0.2) is 0 Å². The Morgan fingerprint density at radius 1 is 1.07 bits per heavy atom. The SMILES string of the molecule is CCOc1ccc(NC(=O)c2ccn3cc(-c4ccccc4)nc3c2)cc1. The molecule has 27 heavy (non-hydrogen) atoms. The Bertz CT molecular complexity index is 1070. The summed E-state index contributed by atoms with van der Waals surface area (Å²) >= 11 is 0. The molecule has 2 aromatic heterocycles. The number of anilines is 1. The van der Waals surface area contributed by atoms with E-state index in [4.69, 9.17) is 4.74 Å². The molecular formula is C22H19N3O2. The number of nitrogens with one attached hydrogen (secondary N) is 1. The number of amides is 1. The number of hydrogen-bond acceptors (Lipinski definition) is 3. The molecule has 0 radical (unpaired) electrons. The van der Waals surface area contributed by atoms with Crippen LogP contribution in [0, 0.1) is 0 Å². The van der Waals surface area contributed by atoms with E-state index in [2.05, 4.69) is 10.3 Å². The highest BCUT2D eigenvalue weighted by molar-refractivity contribution is 6.04. The van der Waals surface area contributed by atoms with Crippen LogP contribution in [0.2, 0.25) is 0 Å². The molecule has 0 unspecified atom stereocenters. The number of carbonyl (C=O) groups is 1. The van der Waals surface area contributed by atoms with Crippen LogP contribution in [-0.4, -0.2) is 21.9 Å². The summed E-state index contributed by atoms with van der Waals surface area (Å²) in [5.74, 6) is 0.605. The minimum Gasteiger partial charge on any atom is -0.494 e. The van der Waals surface area contributed by atoms with Crippen LogP contribution < -0.4 is 10.1 Å². The molecule has 0 aliphatic heterocycles. The lowest BCUT2D eigenvalue weighted by atomic mass is 10.2. The molecule has 1 amide bonds. The van der Waals surface area contributed by atoms with Gasteiger partial charge < -0.3 is 14.5 Å². The number of rotatable bonds is 5. The Morgan fingerprint density at radius 3 is 2.59 bits per heavy atom. The molecule has 1 N–H and O–H groups in total. The molecule has 4 rings (SSSR count). The topological polar surface area (TPSA) is 55.6 Å². The number of aromatic nitrogens is 2. The average molecular weight is 357 g/mol. The van der Waals surface area contributed by atoms with Crippen LogP contribution in [0.1, 0.15) is 17.3 Å². The molecule has 0 aliphatic carbocycles. The molecule has 0 atom stereocenters. The van der Waals surface area contributed by atoms with Crippen LogP contribution in [0.3, 0.4) is 0 Å². The summed E-state index contributed by atoms with van der Waals surface area (Å²) in [6.07, 6.45) is 3.81. The second-order valence-electron chi connectivity index (χ2n) is 6.08. The monoisotopic (exact) mass is 357 g/mol. The zero-order chi connectivity index (χ0) is 18.6. The number of hydrogen-bond donors (Lipinski definition) is 1. The van der Waals surface area contributed by atoms with Crippen molar-refractivity contribution in [2.75, 3.05) is 11.9 Å². The van der Waals surface area contributed by atoms with Gasteiger partial charge >= 0.3 is 0 Å². The fourth-order valence-electron chi connectivity index (χ4n) is 2.88. The van der Waals surface area contributed by atoms with Crippen LogP contribution in [0.5, 0.6) is 5.75 Å². The van der Waals surface area contributed by atoms with E-state index in [-0.39, 0.29) is 5.91 Å². The number of nitrogens with zero attached hydrogens (tertiary/aromatic N) is 2. The van der Waals surface area contributed by atoms with E-state index in [0.717, 1.165) is 28.3 Å². The van der Waals surface area contributed by atoms with Gasteiger partial charge in [-0.2, -0.15) is 0 Å². The average Bonchev–Trinajstić information content (AvgIpc) is 3.14. The molecule has 0 bridgehead atoms. The quantitative estimate of drug-likeness (QED) is 0.565. The molecule has 2 aromatic carbocycles. The van der Waals surface area contributed by atoms with Crippen LogP contribution in [0.25, 0.3) is 16.9 Å². The van der Waals surface area contributed by atoms with Gasteiger partial charge in [0.25, 0.3) is 5.91 Å². The van der Waals surface area contributed by atoms with Crippen molar-refractivity contribution < 1.29 is 9.53 Å². The number of carbonyl (C=O) groups excluding carboxylic acids is 1.